The van der Waals surface area contributed by atoms with Crippen LogP contribution in [0.5, 0.6) is 0 Å². The molecule has 1 aromatic carbocycles. The lowest BCUT2D eigenvalue weighted by molar-refractivity contribution is -0.135. The van der Waals surface area contributed by atoms with E-state index in [1.54, 1.807) is 19.0 Å². The van der Waals surface area contributed by atoms with Crippen LogP contribution in [0, 0.1) is 5.92 Å². The van der Waals surface area contributed by atoms with Crippen LogP contribution in [0.2, 0.25) is 5.02 Å². The first kappa shape index (κ1) is 17.2. The summed E-state index contributed by atoms with van der Waals surface area (Å²) >= 11 is 6.04. The molecule has 0 bridgehead atoms. The predicted octanol–water partition coefficient (Wildman–Crippen LogP) is 1.68. The van der Waals surface area contributed by atoms with Crippen molar-refractivity contribution in [1.29, 1.82) is 0 Å². The Morgan fingerprint density at radius 3 is 2.54 bits per heavy atom. The molecule has 0 unspecified atom stereocenters. The van der Waals surface area contributed by atoms with Crippen molar-refractivity contribution in [2.75, 3.05) is 46.8 Å². The van der Waals surface area contributed by atoms with Gasteiger partial charge in [0.05, 0.1) is 6.54 Å². The first-order valence-electron chi connectivity index (χ1n) is 8.42. The summed E-state index contributed by atoms with van der Waals surface area (Å²) in [5.41, 5.74) is 1.16. The van der Waals surface area contributed by atoms with Crippen molar-refractivity contribution in [1.82, 2.24) is 14.7 Å². The fourth-order valence-corrected chi connectivity index (χ4v) is 3.47. The molecule has 0 aromatic heterocycles. The van der Waals surface area contributed by atoms with E-state index in [4.69, 9.17) is 11.6 Å². The molecule has 2 fully saturated rings. The van der Waals surface area contributed by atoms with Crippen LogP contribution >= 0.6 is 11.6 Å². The van der Waals surface area contributed by atoms with Crippen LogP contribution in [0.1, 0.15) is 17.9 Å². The van der Waals surface area contributed by atoms with Crippen molar-refractivity contribution in [2.45, 2.75) is 12.3 Å². The summed E-state index contributed by atoms with van der Waals surface area (Å²) < 4.78 is 0. The van der Waals surface area contributed by atoms with E-state index in [1.165, 1.54) is 0 Å². The molecule has 1 aromatic rings. The van der Waals surface area contributed by atoms with Gasteiger partial charge in [-0.1, -0.05) is 23.7 Å². The molecule has 1 aliphatic heterocycles. The SMILES string of the molecule is CN(C)C(=O)CN1CCN(C(=O)[C@@H]2C[C@@H]2c2cccc(Cl)c2)CC1. The van der Waals surface area contributed by atoms with Gasteiger partial charge in [-0.25, -0.2) is 0 Å². The van der Waals surface area contributed by atoms with Gasteiger partial charge in [-0.05, 0) is 30.0 Å². The third-order valence-corrected chi connectivity index (χ3v) is 5.16. The quantitative estimate of drug-likeness (QED) is 0.830. The molecule has 0 radical (unpaired) electrons. The van der Waals surface area contributed by atoms with E-state index >= 15 is 0 Å². The average Bonchev–Trinajstić information content (AvgIpc) is 3.35. The molecule has 0 spiro atoms. The highest BCUT2D eigenvalue weighted by Gasteiger charge is 2.46. The lowest BCUT2D eigenvalue weighted by Gasteiger charge is -2.35. The largest absolute Gasteiger partial charge is 0.348 e. The molecule has 3 rings (SSSR count). The Labute approximate surface area is 148 Å². The summed E-state index contributed by atoms with van der Waals surface area (Å²) in [7, 11) is 3.54. The minimum atomic E-state index is 0.0958. The van der Waals surface area contributed by atoms with Crippen molar-refractivity contribution in [3.63, 3.8) is 0 Å². The van der Waals surface area contributed by atoms with E-state index in [-0.39, 0.29) is 17.7 Å². The summed E-state index contributed by atoms with van der Waals surface area (Å²) in [5.74, 6) is 0.763. The van der Waals surface area contributed by atoms with Crippen molar-refractivity contribution in [3.05, 3.63) is 34.9 Å². The van der Waals surface area contributed by atoms with Crippen molar-refractivity contribution in [2.24, 2.45) is 5.92 Å². The maximum atomic E-state index is 12.7. The van der Waals surface area contributed by atoms with Gasteiger partial charge in [0.25, 0.3) is 0 Å². The first-order valence-corrected chi connectivity index (χ1v) is 8.80. The molecule has 1 heterocycles. The van der Waals surface area contributed by atoms with Crippen LogP contribution in [0.25, 0.3) is 0 Å². The minimum absolute atomic E-state index is 0.0958. The Morgan fingerprint density at radius 1 is 1.21 bits per heavy atom. The van der Waals surface area contributed by atoms with E-state index in [2.05, 4.69) is 11.0 Å². The smallest absolute Gasteiger partial charge is 0.236 e. The Hall–Kier alpha value is -1.59. The van der Waals surface area contributed by atoms with E-state index in [9.17, 15) is 9.59 Å². The number of carbonyl (C=O) groups excluding carboxylic acids is 2. The van der Waals surface area contributed by atoms with Crippen LogP contribution in [0.4, 0.5) is 0 Å². The van der Waals surface area contributed by atoms with E-state index < -0.39 is 0 Å². The molecule has 0 N–H and O–H groups in total. The predicted molar refractivity (Wildman–Crippen MR) is 94.0 cm³/mol. The van der Waals surface area contributed by atoms with Gasteiger partial charge in [0.1, 0.15) is 0 Å². The van der Waals surface area contributed by atoms with E-state index in [0.717, 1.165) is 30.1 Å². The Morgan fingerprint density at radius 2 is 1.92 bits per heavy atom. The molecular weight excluding hydrogens is 326 g/mol. The van der Waals surface area contributed by atoms with Crippen molar-refractivity contribution >= 4 is 23.4 Å². The second kappa shape index (κ2) is 7.11. The monoisotopic (exact) mass is 349 g/mol. The van der Waals surface area contributed by atoms with Gasteiger partial charge in [-0.2, -0.15) is 0 Å². The molecule has 1 aliphatic carbocycles. The standard InChI is InChI=1S/C18H24ClN3O2/c1-20(2)17(23)12-21-6-8-22(9-7-21)18(24)16-11-15(16)13-4-3-5-14(19)10-13/h3-5,10,15-16H,6-9,11-12H2,1-2H3/t15-,16-/m1/s1. The first-order chi connectivity index (χ1) is 11.5. The Balaban J connectivity index is 1.49. The zero-order valence-electron chi connectivity index (χ0n) is 14.2. The van der Waals surface area contributed by atoms with E-state index in [1.807, 2.05) is 23.1 Å². The Bertz CT molecular complexity index is 626. The normalized spacial score (nSPS) is 23.9. The number of hydrogen-bond donors (Lipinski definition) is 0. The molecule has 130 valence electrons. The number of nitrogens with zero attached hydrogens (tertiary/aromatic N) is 3. The zero-order chi connectivity index (χ0) is 17.3. The van der Waals surface area contributed by atoms with Crippen molar-refractivity contribution < 1.29 is 9.59 Å². The van der Waals surface area contributed by atoms with Crippen LogP contribution in [-0.2, 0) is 9.59 Å². The highest BCUT2D eigenvalue weighted by atomic mass is 35.5. The number of amides is 2. The number of piperazine rings is 1. The molecule has 2 amide bonds. The van der Waals surface area contributed by atoms with Crippen LogP contribution in [0.15, 0.2) is 24.3 Å². The van der Waals surface area contributed by atoms with E-state index in [0.29, 0.717) is 25.6 Å². The molecule has 5 nitrogen and oxygen atoms in total. The van der Waals surface area contributed by atoms with Gasteiger partial charge >= 0.3 is 0 Å². The summed E-state index contributed by atoms with van der Waals surface area (Å²) in [6.07, 6.45) is 0.915. The fraction of sp³-hybridized carbons (Fsp3) is 0.556. The number of rotatable bonds is 4. The molecule has 6 heteroatoms. The number of halogens is 1. The number of likely N-dealkylation sites (N-methyl/N-ethyl adjacent to an activating group) is 1. The minimum Gasteiger partial charge on any atom is -0.348 e. The third-order valence-electron chi connectivity index (χ3n) is 4.93. The number of carbonyl (C=O) groups is 2. The third kappa shape index (κ3) is 3.90. The van der Waals surface area contributed by atoms with Gasteiger partial charge in [-0.3, -0.25) is 14.5 Å². The second-order valence-corrected chi connectivity index (χ2v) is 7.33. The molecule has 2 aliphatic rings. The lowest BCUT2D eigenvalue weighted by atomic mass is 10.1. The van der Waals surface area contributed by atoms with Gasteiger partial charge < -0.3 is 9.80 Å². The van der Waals surface area contributed by atoms with Crippen LogP contribution < -0.4 is 0 Å². The maximum absolute atomic E-state index is 12.7. The fourth-order valence-electron chi connectivity index (χ4n) is 3.27. The molecule has 24 heavy (non-hydrogen) atoms. The molecule has 1 saturated carbocycles. The number of hydrogen-bond acceptors (Lipinski definition) is 3. The van der Waals surface area contributed by atoms with Crippen LogP contribution in [-0.4, -0.2) is 73.3 Å². The maximum Gasteiger partial charge on any atom is 0.236 e. The molecule has 2 atom stereocenters. The molecular formula is C18H24ClN3O2. The van der Waals surface area contributed by atoms with Gasteiger partial charge in [0.15, 0.2) is 0 Å². The van der Waals surface area contributed by atoms with Gasteiger partial charge in [0, 0.05) is 51.2 Å². The van der Waals surface area contributed by atoms with Gasteiger partial charge in [0.2, 0.25) is 11.8 Å². The Kier molecular flexibility index (Phi) is 5.11. The topological polar surface area (TPSA) is 43.9 Å². The van der Waals surface area contributed by atoms with Crippen LogP contribution in [0.3, 0.4) is 0 Å². The zero-order valence-corrected chi connectivity index (χ0v) is 15.0. The molecule has 1 saturated heterocycles. The van der Waals surface area contributed by atoms with Crippen molar-refractivity contribution in [3.8, 4) is 0 Å². The lowest BCUT2D eigenvalue weighted by Crippen LogP contribution is -2.51. The second-order valence-electron chi connectivity index (χ2n) is 6.89. The highest BCUT2D eigenvalue weighted by molar-refractivity contribution is 6.30. The highest BCUT2D eigenvalue weighted by Crippen LogP contribution is 2.48. The summed E-state index contributed by atoms with van der Waals surface area (Å²) in [5, 5.41) is 0.727. The van der Waals surface area contributed by atoms with Gasteiger partial charge in [-0.15, -0.1) is 0 Å². The average molecular weight is 350 g/mol. The summed E-state index contributed by atoms with van der Waals surface area (Å²) in [6.45, 7) is 3.37. The summed E-state index contributed by atoms with van der Waals surface area (Å²) in [6, 6.07) is 7.81. The summed E-state index contributed by atoms with van der Waals surface area (Å²) in [4.78, 5) is 30.1. The number of benzene rings is 1.